The second kappa shape index (κ2) is 35.8. The number of rotatable bonds is 37. The summed E-state index contributed by atoms with van der Waals surface area (Å²) in [6.07, 6.45) is 0.706. The Hall–Kier alpha value is -4.57. The van der Waals surface area contributed by atoms with Gasteiger partial charge in [-0.05, 0) is 36.0 Å². The lowest BCUT2D eigenvalue weighted by Gasteiger charge is -2.35. The van der Waals surface area contributed by atoms with Gasteiger partial charge in [0.1, 0.15) is 12.1 Å². The molecule has 1 saturated heterocycles. The van der Waals surface area contributed by atoms with Crippen molar-refractivity contribution in [1.82, 2.24) is 41.1 Å². The van der Waals surface area contributed by atoms with Crippen molar-refractivity contribution >= 4 is 81.8 Å². The molecule has 3 aromatic rings. The van der Waals surface area contributed by atoms with Crippen LogP contribution in [-0.4, -0.2) is 195 Å². The number of carbonyl (C=O) groups is 5. The first-order chi connectivity index (χ1) is 36.9. The zero-order chi connectivity index (χ0) is 55.9. The lowest BCUT2D eigenvalue weighted by atomic mass is 9.85. The number of hydrogen-bond donors (Lipinski definition) is 6. The highest BCUT2D eigenvalue weighted by Gasteiger charge is 2.44. The lowest BCUT2D eigenvalue weighted by Crippen LogP contribution is -2.57. The van der Waals surface area contributed by atoms with E-state index in [9.17, 15) is 29.1 Å². The van der Waals surface area contributed by atoms with Crippen molar-refractivity contribution in [3.05, 3.63) is 59.5 Å². The topological polar surface area (TPSA) is 281 Å². The molecule has 4 unspecified atom stereocenters. The first kappa shape index (κ1) is 65.0. The molecule has 4 atom stereocenters. The van der Waals surface area contributed by atoms with E-state index in [1.807, 2.05) is 52.0 Å². The number of anilines is 1. The van der Waals surface area contributed by atoms with E-state index in [0.717, 1.165) is 21.7 Å². The summed E-state index contributed by atoms with van der Waals surface area (Å²) in [4.78, 5) is 79.2. The van der Waals surface area contributed by atoms with Gasteiger partial charge < -0.3 is 69.2 Å². The number of aliphatic hydroxyl groups excluding tert-OH is 1. The predicted molar refractivity (Wildman–Crippen MR) is 288 cm³/mol. The number of benzene rings is 1. The summed E-state index contributed by atoms with van der Waals surface area (Å²) in [5.41, 5.74) is 4.01. The van der Waals surface area contributed by atoms with Crippen LogP contribution < -0.4 is 26.6 Å². The third-order valence-corrected chi connectivity index (χ3v) is 12.8. The van der Waals surface area contributed by atoms with Gasteiger partial charge in [-0.15, -0.1) is 11.3 Å². The highest BCUT2D eigenvalue weighted by Crippen LogP contribution is 2.31. The molecule has 77 heavy (non-hydrogen) atoms. The molecule has 0 saturated carbocycles. The summed E-state index contributed by atoms with van der Waals surface area (Å²) < 4.78 is 41.8. The van der Waals surface area contributed by atoms with Crippen molar-refractivity contribution in [1.29, 1.82) is 0 Å². The third-order valence-electron chi connectivity index (χ3n) is 11.2. The van der Waals surface area contributed by atoms with Crippen molar-refractivity contribution in [2.45, 2.75) is 88.1 Å². The van der Waals surface area contributed by atoms with E-state index in [1.54, 1.807) is 22.9 Å². The summed E-state index contributed by atoms with van der Waals surface area (Å²) in [7, 11) is 0. The molecule has 27 heteroatoms. The van der Waals surface area contributed by atoms with Gasteiger partial charge in [0, 0.05) is 51.3 Å². The number of ether oxygens (including phenoxy) is 8. The molecule has 3 heterocycles. The fraction of sp³-hybridized carbons (Fsp3) is 0.640. The smallest absolute Gasteiger partial charge is 0.408 e. The number of nitrogens with zero attached hydrogens (tertiary/aromatic N) is 4. The highest BCUT2D eigenvalue weighted by molar-refractivity contribution is 7.13. The fourth-order valence-corrected chi connectivity index (χ4v) is 8.32. The number of nitrogens with one attached hydrogen (secondary N) is 5. The number of β-amino-alcohol motifs (C(OH)–C–C–N with tert-alkyl or cyclic N) is 1. The van der Waals surface area contributed by atoms with Gasteiger partial charge in [-0.1, -0.05) is 79.8 Å². The average molecular weight is 1160 g/mol. The van der Waals surface area contributed by atoms with E-state index in [0.29, 0.717) is 79.1 Å². The van der Waals surface area contributed by atoms with Crippen LogP contribution in [-0.2, 0) is 63.6 Å². The second-order valence-corrected chi connectivity index (χ2v) is 21.6. The van der Waals surface area contributed by atoms with Gasteiger partial charge in [0.05, 0.1) is 121 Å². The number of halogens is 3. The Morgan fingerprint density at radius 1 is 0.727 bits per heavy atom. The van der Waals surface area contributed by atoms with Gasteiger partial charge in [0.25, 0.3) is 0 Å². The zero-order valence-corrected chi connectivity index (χ0v) is 47.2. The maximum Gasteiger partial charge on any atom is 0.408 e. The number of alkyl halides is 3. The number of amides is 5. The van der Waals surface area contributed by atoms with Gasteiger partial charge in [0.15, 0.2) is 6.17 Å². The monoisotopic (exact) mass is 1160 g/mol. The summed E-state index contributed by atoms with van der Waals surface area (Å²) in [5.74, 6) is -1.25. The van der Waals surface area contributed by atoms with Crippen LogP contribution in [0.3, 0.4) is 0 Å². The Morgan fingerprint density at radius 3 is 1.77 bits per heavy atom. The van der Waals surface area contributed by atoms with Crippen molar-refractivity contribution in [2.24, 2.45) is 5.41 Å². The number of aliphatic hydroxyl groups is 1. The SMILES string of the molecule is Cc1ncsc1-c1ccc(CNC(=O)C2CC(O)CN2C(=O)C(NC(=O)CCOCCOCCOCCOCCOCCOCCOCCC(=O)NCCCOC(=O)NC(Nc2ncccn2)C(Cl)(Cl)Cl)C(C)(C)C)cc1. The average Bonchev–Trinajstić information content (AvgIpc) is 4.02. The van der Waals surface area contributed by atoms with Crippen molar-refractivity contribution < 1.29 is 67.0 Å². The molecule has 4 rings (SSSR count). The molecule has 0 radical (unpaired) electrons. The lowest BCUT2D eigenvalue weighted by molar-refractivity contribution is -0.144. The fourth-order valence-electron chi connectivity index (χ4n) is 7.18. The third kappa shape index (κ3) is 26.3. The van der Waals surface area contributed by atoms with Gasteiger partial charge in [0.2, 0.25) is 33.4 Å². The number of likely N-dealkylation sites (tertiary alicyclic amines) is 1. The molecule has 5 amide bonds. The summed E-state index contributed by atoms with van der Waals surface area (Å²) in [5, 5.41) is 24.1. The standard InChI is InChI=1S/C50H74Cl3N9O14S/c1-35-42(77-34-58-35)37-9-7-36(8-10-37)32-57-44(66)39-31-38(63)33-62(39)45(67)43(49(2,3)4)59-41(65)12-18-70-20-22-72-24-26-74-28-30-75-29-27-73-25-23-71-21-19-69-17-11-40(64)54-15-6-16-76-48(68)61-46(50(51,52)53)60-47-55-13-5-14-56-47/h5,7-10,13-14,34,38-39,43,46,63H,6,11-12,15-33H2,1-4H3,(H,54,64)(H,57,66)(H,59,65)(H,61,68)(H,55,56,60). The van der Waals surface area contributed by atoms with Crippen LogP contribution >= 0.6 is 46.1 Å². The maximum atomic E-state index is 13.9. The summed E-state index contributed by atoms with van der Waals surface area (Å²) >= 11 is 19.4. The number of aromatic nitrogens is 3. The predicted octanol–water partition coefficient (Wildman–Crippen LogP) is 3.95. The normalized spacial score (nSPS) is 15.4. The number of alkyl carbamates (subject to hydrolysis) is 1. The van der Waals surface area contributed by atoms with E-state index < -0.39 is 45.6 Å². The highest BCUT2D eigenvalue weighted by atomic mass is 35.6. The Morgan fingerprint density at radius 2 is 1.26 bits per heavy atom. The zero-order valence-electron chi connectivity index (χ0n) is 44.1. The molecule has 1 fully saturated rings. The second-order valence-electron chi connectivity index (χ2n) is 18.4. The molecule has 6 N–H and O–H groups in total. The summed E-state index contributed by atoms with van der Waals surface area (Å²) in [6.45, 7) is 12.6. The molecule has 2 aromatic heterocycles. The van der Waals surface area contributed by atoms with Crippen LogP contribution in [0.25, 0.3) is 10.4 Å². The van der Waals surface area contributed by atoms with Crippen molar-refractivity contribution in [2.75, 3.05) is 118 Å². The van der Waals surface area contributed by atoms with Crippen LogP contribution in [0.1, 0.15) is 57.7 Å². The molecule has 1 aliphatic rings. The minimum atomic E-state index is -1.92. The molecular formula is C50H74Cl3N9O14S. The van der Waals surface area contributed by atoms with E-state index >= 15 is 0 Å². The number of thiazole rings is 1. The first-order valence-corrected chi connectivity index (χ1v) is 27.3. The van der Waals surface area contributed by atoms with E-state index in [-0.39, 0.29) is 89.0 Å². The van der Waals surface area contributed by atoms with Crippen molar-refractivity contribution in [3.63, 3.8) is 0 Å². The Labute approximate surface area is 468 Å². The number of carbonyl (C=O) groups excluding carboxylic acids is 5. The van der Waals surface area contributed by atoms with Crippen LogP contribution in [0.4, 0.5) is 10.7 Å². The molecule has 430 valence electrons. The molecule has 0 bridgehead atoms. The number of aryl methyl sites for hydroxylation is 1. The maximum absolute atomic E-state index is 13.9. The van der Waals surface area contributed by atoms with Crippen LogP contribution in [0.5, 0.6) is 0 Å². The van der Waals surface area contributed by atoms with Crippen molar-refractivity contribution in [3.8, 4) is 10.4 Å². The van der Waals surface area contributed by atoms with Crippen LogP contribution in [0, 0.1) is 12.3 Å². The van der Waals surface area contributed by atoms with Gasteiger partial charge in [-0.2, -0.15) is 0 Å². The summed E-state index contributed by atoms with van der Waals surface area (Å²) in [6, 6.07) is 7.63. The van der Waals surface area contributed by atoms with E-state index in [2.05, 4.69) is 41.5 Å². The number of hydrogen-bond acceptors (Lipinski definition) is 19. The van der Waals surface area contributed by atoms with Gasteiger partial charge in [-0.25, -0.2) is 19.7 Å². The largest absolute Gasteiger partial charge is 0.449 e. The van der Waals surface area contributed by atoms with E-state index in [1.165, 1.54) is 17.3 Å². The minimum Gasteiger partial charge on any atom is -0.449 e. The molecule has 1 aliphatic heterocycles. The quantitative estimate of drug-likeness (QED) is 0.0271. The van der Waals surface area contributed by atoms with Crippen LogP contribution in [0.15, 0.2) is 48.2 Å². The van der Waals surface area contributed by atoms with Gasteiger partial charge in [-0.3, -0.25) is 24.5 Å². The first-order valence-electron chi connectivity index (χ1n) is 25.3. The van der Waals surface area contributed by atoms with Crippen LogP contribution in [0.2, 0.25) is 0 Å². The Kier molecular flexibility index (Phi) is 30.2. The molecule has 0 spiro atoms. The van der Waals surface area contributed by atoms with E-state index in [4.69, 9.17) is 72.7 Å². The minimum absolute atomic E-state index is 0.00944. The molecule has 0 aliphatic carbocycles. The molecular weight excluding hydrogens is 1090 g/mol. The van der Waals surface area contributed by atoms with Gasteiger partial charge >= 0.3 is 6.09 Å². The Balaban J connectivity index is 0.900. The molecule has 23 nitrogen and oxygen atoms in total. The molecule has 1 aromatic carbocycles. The Bertz CT molecular complexity index is 2200.